The van der Waals surface area contributed by atoms with Crippen LogP contribution in [0.5, 0.6) is 34.5 Å². The lowest BCUT2D eigenvalue weighted by atomic mass is 9.97. The van der Waals surface area contributed by atoms with E-state index in [4.69, 9.17) is 18.9 Å². The van der Waals surface area contributed by atoms with E-state index in [0.717, 1.165) is 0 Å². The van der Waals surface area contributed by atoms with Gasteiger partial charge in [-0.1, -0.05) is 6.58 Å². The van der Waals surface area contributed by atoms with Crippen molar-refractivity contribution < 1.29 is 29.2 Å². The number of benzene rings is 2. The molecule has 128 valence electrons. The van der Waals surface area contributed by atoms with Gasteiger partial charge in [0.2, 0.25) is 11.5 Å². The van der Waals surface area contributed by atoms with Crippen LogP contribution in [0.15, 0.2) is 30.8 Å². The molecule has 0 aliphatic heterocycles. The Kier molecular flexibility index (Phi) is 5.08. The fraction of sp³-hybridized carbons (Fsp3) is 0.222. The third-order valence-corrected chi connectivity index (χ3v) is 3.67. The van der Waals surface area contributed by atoms with E-state index in [0.29, 0.717) is 22.4 Å². The smallest absolute Gasteiger partial charge is 0.201 e. The number of methoxy groups -OCH3 is 4. The molecule has 0 saturated carbocycles. The Balaban J connectivity index is 2.59. The molecule has 0 bridgehead atoms. The van der Waals surface area contributed by atoms with E-state index in [2.05, 4.69) is 6.58 Å². The highest BCUT2D eigenvalue weighted by Gasteiger charge is 2.19. The monoisotopic (exact) mass is 332 g/mol. The first kappa shape index (κ1) is 17.3. The van der Waals surface area contributed by atoms with Gasteiger partial charge in [0.15, 0.2) is 23.0 Å². The normalized spacial score (nSPS) is 10.2. The van der Waals surface area contributed by atoms with Crippen LogP contribution in [-0.4, -0.2) is 38.7 Å². The Morgan fingerprint density at radius 1 is 0.792 bits per heavy atom. The second kappa shape index (κ2) is 7.04. The Hall–Kier alpha value is -3.02. The minimum absolute atomic E-state index is 0.0962. The molecule has 0 atom stereocenters. The fourth-order valence-electron chi connectivity index (χ4n) is 2.39. The minimum Gasteiger partial charge on any atom is -0.502 e. The van der Waals surface area contributed by atoms with Crippen molar-refractivity contribution in [3.05, 3.63) is 42.0 Å². The lowest BCUT2D eigenvalue weighted by Crippen LogP contribution is -1.97. The van der Waals surface area contributed by atoms with Gasteiger partial charge < -0.3 is 29.2 Å². The predicted octanol–water partition coefficient (Wildman–Crippen LogP) is 3.19. The number of hydrogen-bond donors (Lipinski definition) is 2. The number of phenols is 2. The average Bonchev–Trinajstić information content (AvgIpc) is 2.60. The van der Waals surface area contributed by atoms with Crippen molar-refractivity contribution in [1.82, 2.24) is 0 Å². The highest BCUT2D eigenvalue weighted by molar-refractivity contribution is 5.85. The molecule has 0 fully saturated rings. The molecule has 2 rings (SSSR count). The molecule has 2 aromatic rings. The summed E-state index contributed by atoms with van der Waals surface area (Å²) in [6.07, 6.45) is 0. The summed E-state index contributed by atoms with van der Waals surface area (Å²) < 4.78 is 20.7. The van der Waals surface area contributed by atoms with Crippen LogP contribution in [-0.2, 0) is 0 Å². The van der Waals surface area contributed by atoms with E-state index in [1.165, 1.54) is 28.4 Å². The first-order chi connectivity index (χ1) is 11.5. The van der Waals surface area contributed by atoms with Crippen LogP contribution in [0.1, 0.15) is 11.1 Å². The minimum atomic E-state index is -0.114. The van der Waals surface area contributed by atoms with Crippen molar-refractivity contribution in [3.8, 4) is 34.5 Å². The summed E-state index contributed by atoms with van der Waals surface area (Å²) in [6.45, 7) is 4.06. The summed E-state index contributed by atoms with van der Waals surface area (Å²) in [6, 6.07) is 6.60. The number of rotatable bonds is 6. The fourth-order valence-corrected chi connectivity index (χ4v) is 2.39. The third kappa shape index (κ3) is 2.90. The van der Waals surface area contributed by atoms with Crippen molar-refractivity contribution in [2.75, 3.05) is 28.4 Å². The van der Waals surface area contributed by atoms with Gasteiger partial charge in [-0.15, -0.1) is 0 Å². The van der Waals surface area contributed by atoms with Gasteiger partial charge in [-0.3, -0.25) is 0 Å². The van der Waals surface area contributed by atoms with Crippen LogP contribution < -0.4 is 18.9 Å². The Morgan fingerprint density at radius 2 is 1.33 bits per heavy atom. The molecule has 0 radical (unpaired) electrons. The highest BCUT2D eigenvalue weighted by atomic mass is 16.5. The van der Waals surface area contributed by atoms with Crippen molar-refractivity contribution in [1.29, 1.82) is 0 Å². The van der Waals surface area contributed by atoms with E-state index >= 15 is 0 Å². The molecule has 0 aliphatic rings. The highest BCUT2D eigenvalue weighted by Crippen LogP contribution is 2.45. The standard InChI is InChI=1S/C18H20O6/c1-10(11-8-14(22-3)16(19)15(9-11)23-4)12-6-7-13(21-2)17(20)18(12)24-5/h6-9,19-20H,1H2,2-5H3. The molecule has 0 heterocycles. The van der Waals surface area contributed by atoms with Crippen molar-refractivity contribution >= 4 is 5.57 Å². The molecule has 2 N–H and O–H groups in total. The SMILES string of the molecule is C=C(c1cc(OC)c(O)c(OC)c1)c1ccc(OC)c(O)c1OC. The number of hydrogen-bond acceptors (Lipinski definition) is 6. The number of phenolic OH excluding ortho intramolecular Hbond substituents is 2. The van der Waals surface area contributed by atoms with Crippen LogP contribution in [0.25, 0.3) is 5.57 Å². The van der Waals surface area contributed by atoms with Crippen molar-refractivity contribution in [3.63, 3.8) is 0 Å². The molecule has 6 heteroatoms. The van der Waals surface area contributed by atoms with Crippen LogP contribution >= 0.6 is 0 Å². The van der Waals surface area contributed by atoms with Gasteiger partial charge in [-0.05, 0) is 35.4 Å². The van der Waals surface area contributed by atoms with Gasteiger partial charge >= 0.3 is 0 Å². The van der Waals surface area contributed by atoms with Gasteiger partial charge in [0.1, 0.15) is 0 Å². The summed E-state index contributed by atoms with van der Waals surface area (Å²) in [5.74, 6) is 0.830. The van der Waals surface area contributed by atoms with Gasteiger partial charge in [-0.2, -0.15) is 0 Å². The molecule has 0 spiro atoms. The largest absolute Gasteiger partial charge is 0.502 e. The predicted molar refractivity (Wildman–Crippen MR) is 90.6 cm³/mol. The molecule has 2 aromatic carbocycles. The van der Waals surface area contributed by atoms with Crippen LogP contribution in [0.2, 0.25) is 0 Å². The van der Waals surface area contributed by atoms with Gasteiger partial charge in [0.25, 0.3) is 0 Å². The second-order valence-corrected chi connectivity index (χ2v) is 4.91. The zero-order valence-corrected chi connectivity index (χ0v) is 14.0. The van der Waals surface area contributed by atoms with E-state index in [9.17, 15) is 10.2 Å². The van der Waals surface area contributed by atoms with E-state index in [-0.39, 0.29) is 28.7 Å². The first-order valence-electron chi connectivity index (χ1n) is 7.07. The molecular formula is C18H20O6. The van der Waals surface area contributed by atoms with Crippen LogP contribution in [0.3, 0.4) is 0 Å². The van der Waals surface area contributed by atoms with Gasteiger partial charge in [0, 0.05) is 5.56 Å². The zero-order chi connectivity index (χ0) is 17.9. The summed E-state index contributed by atoms with van der Waals surface area (Å²) in [5, 5.41) is 20.2. The summed E-state index contributed by atoms with van der Waals surface area (Å²) >= 11 is 0. The molecule has 0 unspecified atom stereocenters. The molecule has 0 aromatic heterocycles. The maximum atomic E-state index is 10.2. The second-order valence-electron chi connectivity index (χ2n) is 4.91. The maximum absolute atomic E-state index is 10.2. The topological polar surface area (TPSA) is 77.4 Å². The van der Waals surface area contributed by atoms with Crippen molar-refractivity contribution in [2.45, 2.75) is 0 Å². The summed E-state index contributed by atoms with van der Waals surface area (Å²) in [4.78, 5) is 0. The Labute approximate surface area is 140 Å². The van der Waals surface area contributed by atoms with Gasteiger partial charge in [0.05, 0.1) is 28.4 Å². The lowest BCUT2D eigenvalue weighted by molar-refractivity contribution is 0.338. The molecule has 0 aliphatic carbocycles. The first-order valence-corrected chi connectivity index (χ1v) is 7.07. The Bertz CT molecular complexity index is 741. The maximum Gasteiger partial charge on any atom is 0.201 e. The lowest BCUT2D eigenvalue weighted by Gasteiger charge is -2.16. The summed E-state index contributed by atoms with van der Waals surface area (Å²) in [5.41, 5.74) is 1.77. The molecule has 0 amide bonds. The summed E-state index contributed by atoms with van der Waals surface area (Å²) in [7, 11) is 5.80. The van der Waals surface area contributed by atoms with Gasteiger partial charge in [-0.25, -0.2) is 0 Å². The molecular weight excluding hydrogens is 312 g/mol. The quantitative estimate of drug-likeness (QED) is 0.846. The number of ether oxygens (including phenoxy) is 4. The van der Waals surface area contributed by atoms with Crippen molar-refractivity contribution in [2.24, 2.45) is 0 Å². The van der Waals surface area contributed by atoms with E-state index < -0.39 is 0 Å². The van der Waals surface area contributed by atoms with Crippen LogP contribution in [0.4, 0.5) is 0 Å². The average molecular weight is 332 g/mol. The van der Waals surface area contributed by atoms with E-state index in [1.807, 2.05) is 0 Å². The van der Waals surface area contributed by atoms with Crippen LogP contribution in [0, 0.1) is 0 Å². The number of aromatic hydroxyl groups is 2. The molecule has 6 nitrogen and oxygen atoms in total. The Morgan fingerprint density at radius 3 is 1.79 bits per heavy atom. The van der Waals surface area contributed by atoms with E-state index in [1.54, 1.807) is 24.3 Å². The third-order valence-electron chi connectivity index (χ3n) is 3.67. The molecule has 0 saturated heterocycles. The zero-order valence-electron chi connectivity index (χ0n) is 14.0. The molecule has 24 heavy (non-hydrogen) atoms.